The number of aliphatic hydroxyl groups is 1. The van der Waals surface area contributed by atoms with Gasteiger partial charge in [-0.2, -0.15) is 9.78 Å². The van der Waals surface area contributed by atoms with Crippen molar-refractivity contribution >= 4 is 0 Å². The van der Waals surface area contributed by atoms with Crippen molar-refractivity contribution < 1.29 is 34.4 Å². The third kappa shape index (κ3) is 14.1. The van der Waals surface area contributed by atoms with Gasteiger partial charge in [0.2, 0.25) is 0 Å². The fourth-order valence-electron chi connectivity index (χ4n) is 2.85. The van der Waals surface area contributed by atoms with E-state index >= 15 is 0 Å². The quantitative estimate of drug-likeness (QED) is 0.161. The second kappa shape index (κ2) is 15.1. The molecular formula is C18H36O3Zn. The zero-order chi connectivity index (χ0) is 15.2. The molecule has 128 valence electrons. The Morgan fingerprint density at radius 3 is 1.23 bits per heavy atom. The van der Waals surface area contributed by atoms with Gasteiger partial charge in [0.1, 0.15) is 0 Å². The predicted octanol–water partition coefficient (Wildman–Crippen LogP) is 5.85. The molecule has 0 aromatic carbocycles. The largest absolute Gasteiger partial charge is 0.340 e. The van der Waals surface area contributed by atoms with Crippen LogP contribution in [0.15, 0.2) is 0 Å². The molecule has 1 heterocycles. The number of hydrogen-bond donors (Lipinski definition) is 1. The smallest absolute Gasteiger partial charge is 0.337 e. The van der Waals surface area contributed by atoms with Crippen molar-refractivity contribution in [3.8, 4) is 0 Å². The average molecular weight is 366 g/mol. The Morgan fingerprint density at radius 1 is 0.591 bits per heavy atom. The molecule has 22 heavy (non-hydrogen) atoms. The molecule has 0 spiro atoms. The Balaban J connectivity index is 0.00000441. The second-order valence-corrected chi connectivity index (χ2v) is 6.58. The van der Waals surface area contributed by atoms with Gasteiger partial charge in [-0.25, -0.2) is 0 Å². The van der Waals surface area contributed by atoms with Crippen molar-refractivity contribution in [3.63, 3.8) is 0 Å². The van der Waals surface area contributed by atoms with Crippen LogP contribution in [-0.2, 0) is 29.3 Å². The molecule has 1 N–H and O–H groups in total. The van der Waals surface area contributed by atoms with E-state index in [1.54, 1.807) is 0 Å². The topological polar surface area (TPSA) is 45.3 Å². The Hall–Kier alpha value is 0.503. The summed E-state index contributed by atoms with van der Waals surface area (Å²) in [6.45, 7) is 2.28. The van der Waals surface area contributed by atoms with E-state index in [4.69, 9.17) is 0 Å². The summed E-state index contributed by atoms with van der Waals surface area (Å²) < 4.78 is 0. The third-order valence-corrected chi connectivity index (χ3v) is 4.37. The summed E-state index contributed by atoms with van der Waals surface area (Å²) in [4.78, 5) is 8.94. The van der Waals surface area contributed by atoms with Crippen molar-refractivity contribution in [3.05, 3.63) is 0 Å². The Kier molecular flexibility index (Phi) is 15.4. The normalized spacial score (nSPS) is 15.5. The minimum Gasteiger partial charge on any atom is -0.340 e. The van der Waals surface area contributed by atoms with Gasteiger partial charge in [-0.3, -0.25) is 0 Å². The van der Waals surface area contributed by atoms with Crippen molar-refractivity contribution in [1.82, 2.24) is 0 Å². The number of hydrogen-bond acceptors (Lipinski definition) is 3. The molecule has 3 nitrogen and oxygen atoms in total. The maximum absolute atomic E-state index is 9.29. The molecule has 1 aliphatic rings. The predicted molar refractivity (Wildman–Crippen MR) is 86.7 cm³/mol. The fraction of sp³-hybridized carbons (Fsp3) is 1.00. The zero-order valence-electron chi connectivity index (χ0n) is 14.8. The van der Waals surface area contributed by atoms with Gasteiger partial charge in [0.25, 0.3) is 0 Å². The van der Waals surface area contributed by atoms with E-state index in [1.165, 1.54) is 89.9 Å². The van der Waals surface area contributed by atoms with Crippen molar-refractivity contribution in [2.24, 2.45) is 0 Å². The first-order valence-electron chi connectivity index (χ1n) is 9.36. The minimum absolute atomic E-state index is 0. The molecule has 0 aromatic rings. The van der Waals surface area contributed by atoms with E-state index in [-0.39, 0.29) is 19.5 Å². The Bertz CT molecular complexity index is 232. The molecule has 0 amide bonds. The van der Waals surface area contributed by atoms with Crippen LogP contribution in [0.25, 0.3) is 0 Å². The number of unbranched alkanes of at least 4 members (excludes halogenated alkanes) is 14. The van der Waals surface area contributed by atoms with Crippen molar-refractivity contribution in [1.29, 1.82) is 0 Å². The van der Waals surface area contributed by atoms with Gasteiger partial charge >= 0.3 is 5.97 Å². The fourth-order valence-corrected chi connectivity index (χ4v) is 2.85. The molecule has 0 aromatic heterocycles. The summed E-state index contributed by atoms with van der Waals surface area (Å²) in [6, 6.07) is 0. The monoisotopic (exact) mass is 364 g/mol. The molecule has 1 rings (SSSR count). The van der Waals surface area contributed by atoms with Crippen LogP contribution >= 0.6 is 0 Å². The molecule has 0 radical (unpaired) electrons. The van der Waals surface area contributed by atoms with Crippen LogP contribution in [0.2, 0.25) is 0 Å². The van der Waals surface area contributed by atoms with E-state index < -0.39 is 5.97 Å². The SMILES string of the molecule is CCCCCCCCCCCCCCCCCC1(O)OO1.[Zn]. The van der Waals surface area contributed by atoms with E-state index in [0.717, 1.165) is 6.42 Å². The van der Waals surface area contributed by atoms with Crippen LogP contribution in [0.3, 0.4) is 0 Å². The average Bonchev–Trinajstić information content (AvgIpc) is 3.21. The number of rotatable bonds is 16. The molecule has 0 bridgehead atoms. The van der Waals surface area contributed by atoms with Gasteiger partial charge in [-0.15, -0.1) is 0 Å². The van der Waals surface area contributed by atoms with Crippen LogP contribution < -0.4 is 0 Å². The first kappa shape index (κ1) is 22.5. The van der Waals surface area contributed by atoms with Gasteiger partial charge in [-0.1, -0.05) is 96.8 Å². The van der Waals surface area contributed by atoms with E-state index in [2.05, 4.69) is 16.7 Å². The maximum Gasteiger partial charge on any atom is 0.337 e. The first-order chi connectivity index (χ1) is 10.3. The van der Waals surface area contributed by atoms with E-state index in [9.17, 15) is 5.11 Å². The van der Waals surface area contributed by atoms with E-state index in [1.807, 2.05) is 0 Å². The van der Waals surface area contributed by atoms with E-state index in [0.29, 0.717) is 6.42 Å². The summed E-state index contributed by atoms with van der Waals surface area (Å²) in [7, 11) is 0. The van der Waals surface area contributed by atoms with Crippen LogP contribution in [0.5, 0.6) is 0 Å². The summed E-state index contributed by atoms with van der Waals surface area (Å²) in [5, 5.41) is 9.29. The van der Waals surface area contributed by atoms with Crippen LogP contribution in [-0.4, -0.2) is 11.1 Å². The molecule has 0 aliphatic carbocycles. The van der Waals surface area contributed by atoms with Crippen LogP contribution in [0.4, 0.5) is 0 Å². The summed E-state index contributed by atoms with van der Waals surface area (Å²) >= 11 is 0. The molecule has 4 heteroatoms. The van der Waals surface area contributed by atoms with Crippen molar-refractivity contribution in [2.45, 2.75) is 116 Å². The molecule has 1 saturated heterocycles. The molecule has 0 saturated carbocycles. The van der Waals surface area contributed by atoms with Gasteiger partial charge in [-0.05, 0) is 6.42 Å². The first-order valence-corrected chi connectivity index (χ1v) is 9.36. The molecule has 0 unspecified atom stereocenters. The van der Waals surface area contributed by atoms with Crippen LogP contribution in [0.1, 0.15) is 110 Å². The molecule has 1 fully saturated rings. The molecule has 1 aliphatic heterocycles. The third-order valence-electron chi connectivity index (χ3n) is 4.37. The Labute approximate surface area is 150 Å². The van der Waals surface area contributed by atoms with Gasteiger partial charge in [0, 0.05) is 25.9 Å². The summed E-state index contributed by atoms with van der Waals surface area (Å²) in [6.07, 6.45) is 21.0. The maximum atomic E-state index is 9.29. The summed E-state index contributed by atoms with van der Waals surface area (Å²) in [5.74, 6) is -1.21. The summed E-state index contributed by atoms with van der Waals surface area (Å²) in [5.41, 5.74) is 0. The minimum atomic E-state index is -1.21. The van der Waals surface area contributed by atoms with Gasteiger partial charge in [0.15, 0.2) is 0 Å². The zero-order valence-corrected chi connectivity index (χ0v) is 17.8. The van der Waals surface area contributed by atoms with Crippen molar-refractivity contribution in [2.75, 3.05) is 0 Å². The standard InChI is InChI=1S/C18H36O3.Zn/c1-2-3-4-5-6-7-8-9-10-11-12-13-14-15-16-17-18(19)20-21-18;/h19H,2-17H2,1H3;. The Morgan fingerprint density at radius 2 is 0.909 bits per heavy atom. The van der Waals surface area contributed by atoms with Gasteiger partial charge < -0.3 is 5.11 Å². The second-order valence-electron chi connectivity index (χ2n) is 6.58. The molecular weight excluding hydrogens is 330 g/mol. The van der Waals surface area contributed by atoms with Crippen LogP contribution in [0, 0.1) is 0 Å². The van der Waals surface area contributed by atoms with Gasteiger partial charge in [0.05, 0.1) is 0 Å². The molecule has 0 atom stereocenters.